The van der Waals surface area contributed by atoms with E-state index in [-0.39, 0.29) is 5.78 Å². The van der Waals surface area contributed by atoms with Crippen molar-refractivity contribution in [3.05, 3.63) is 53.0 Å². The van der Waals surface area contributed by atoms with Gasteiger partial charge in [-0.25, -0.2) is 0 Å². The van der Waals surface area contributed by atoms with Crippen LogP contribution in [0.1, 0.15) is 30.1 Å². The predicted octanol–water partition coefficient (Wildman–Crippen LogP) is 4.22. The normalized spacial score (nSPS) is 14.7. The molecule has 1 aliphatic carbocycles. The van der Waals surface area contributed by atoms with Gasteiger partial charge in [0.2, 0.25) is 0 Å². The fourth-order valence-electron chi connectivity index (χ4n) is 1.57. The second-order valence-corrected chi connectivity index (χ2v) is 4.98. The molecule has 2 rings (SSSR count). The number of ketones is 1. The van der Waals surface area contributed by atoms with Crippen LogP contribution >= 0.6 is 11.8 Å². The Morgan fingerprint density at radius 2 is 2.00 bits per heavy atom. The quantitative estimate of drug-likeness (QED) is 0.723. The first-order valence-electron chi connectivity index (χ1n) is 5.40. The molecule has 0 radical (unpaired) electrons. The van der Waals surface area contributed by atoms with Gasteiger partial charge < -0.3 is 0 Å². The Labute approximate surface area is 100 Å². The summed E-state index contributed by atoms with van der Waals surface area (Å²) in [5.74, 6) is 0.122. The summed E-state index contributed by atoms with van der Waals surface area (Å²) in [5.41, 5.74) is 0.780. The van der Waals surface area contributed by atoms with Crippen LogP contribution in [-0.4, -0.2) is 5.78 Å². The van der Waals surface area contributed by atoms with Gasteiger partial charge >= 0.3 is 0 Å². The molecule has 0 fully saturated rings. The Bertz CT molecular complexity index is 440. The van der Waals surface area contributed by atoms with E-state index >= 15 is 0 Å². The van der Waals surface area contributed by atoms with Gasteiger partial charge in [0.25, 0.3) is 0 Å². The lowest BCUT2D eigenvalue weighted by Gasteiger charge is -2.08. The summed E-state index contributed by atoms with van der Waals surface area (Å²) in [6.45, 7) is 1.59. The summed E-state index contributed by atoms with van der Waals surface area (Å²) in [6.07, 6.45) is 8.70. The summed E-state index contributed by atoms with van der Waals surface area (Å²) >= 11 is 1.78. The molecule has 0 spiro atoms. The first-order valence-corrected chi connectivity index (χ1v) is 6.22. The molecule has 0 aromatic heterocycles. The minimum absolute atomic E-state index is 0.122. The second kappa shape index (κ2) is 5.17. The molecular weight excluding hydrogens is 216 g/mol. The highest BCUT2D eigenvalue weighted by Gasteiger charge is 2.03. The molecule has 0 bridgehead atoms. The first-order chi connectivity index (χ1) is 7.75. The van der Waals surface area contributed by atoms with Crippen molar-refractivity contribution in [1.29, 1.82) is 0 Å². The first kappa shape index (κ1) is 11.2. The molecule has 82 valence electrons. The van der Waals surface area contributed by atoms with Crippen molar-refractivity contribution in [3.8, 4) is 0 Å². The van der Waals surface area contributed by atoms with Crippen molar-refractivity contribution in [2.45, 2.75) is 24.7 Å². The van der Waals surface area contributed by atoms with Crippen molar-refractivity contribution in [2.24, 2.45) is 0 Å². The van der Waals surface area contributed by atoms with Crippen LogP contribution in [-0.2, 0) is 0 Å². The van der Waals surface area contributed by atoms with Crippen LogP contribution in [0, 0.1) is 0 Å². The number of carbonyl (C=O) groups is 1. The van der Waals surface area contributed by atoms with E-state index in [0.717, 1.165) is 18.4 Å². The fraction of sp³-hybridized carbons (Fsp3) is 0.214. The molecule has 0 aliphatic heterocycles. The van der Waals surface area contributed by atoms with E-state index in [9.17, 15) is 4.79 Å². The number of benzene rings is 1. The molecule has 0 amide bonds. The monoisotopic (exact) mass is 230 g/mol. The minimum atomic E-state index is 0.122. The zero-order chi connectivity index (χ0) is 11.4. The maximum absolute atomic E-state index is 11.1. The number of hydrogen-bond donors (Lipinski definition) is 0. The van der Waals surface area contributed by atoms with Crippen LogP contribution in [0.15, 0.2) is 52.3 Å². The highest BCUT2D eigenvalue weighted by molar-refractivity contribution is 8.03. The summed E-state index contributed by atoms with van der Waals surface area (Å²) in [4.78, 5) is 13.7. The average molecular weight is 230 g/mol. The molecule has 0 heterocycles. The van der Waals surface area contributed by atoms with Crippen LogP contribution < -0.4 is 0 Å². The van der Waals surface area contributed by atoms with Crippen LogP contribution in [0.3, 0.4) is 0 Å². The number of hydrogen-bond acceptors (Lipinski definition) is 2. The minimum Gasteiger partial charge on any atom is -0.295 e. The third-order valence-electron chi connectivity index (χ3n) is 2.49. The molecular formula is C14H14OS. The number of thioether (sulfide) groups is 1. The highest BCUT2D eigenvalue weighted by atomic mass is 32.2. The Hall–Kier alpha value is -1.28. The molecule has 1 aliphatic rings. The molecule has 16 heavy (non-hydrogen) atoms. The Morgan fingerprint density at radius 3 is 2.56 bits per heavy atom. The number of rotatable bonds is 3. The van der Waals surface area contributed by atoms with Gasteiger partial charge in [-0.15, -0.1) is 0 Å². The predicted molar refractivity (Wildman–Crippen MR) is 68.8 cm³/mol. The number of allylic oxidation sites excluding steroid dienone is 4. The average Bonchev–Trinajstić information content (AvgIpc) is 2.31. The lowest BCUT2D eigenvalue weighted by molar-refractivity contribution is 0.101. The third kappa shape index (κ3) is 2.86. The molecule has 0 saturated carbocycles. The van der Waals surface area contributed by atoms with Crippen molar-refractivity contribution in [1.82, 2.24) is 0 Å². The van der Waals surface area contributed by atoms with Gasteiger partial charge in [0.15, 0.2) is 5.78 Å². The van der Waals surface area contributed by atoms with Crippen LogP contribution in [0.2, 0.25) is 0 Å². The van der Waals surface area contributed by atoms with Gasteiger partial charge in [-0.05, 0) is 36.8 Å². The van der Waals surface area contributed by atoms with Gasteiger partial charge in [0.1, 0.15) is 0 Å². The van der Waals surface area contributed by atoms with Crippen LogP contribution in [0.4, 0.5) is 0 Å². The molecule has 1 aromatic rings. The van der Waals surface area contributed by atoms with E-state index in [1.165, 1.54) is 9.80 Å². The van der Waals surface area contributed by atoms with E-state index in [1.54, 1.807) is 18.7 Å². The van der Waals surface area contributed by atoms with Crippen LogP contribution in [0.5, 0.6) is 0 Å². The summed E-state index contributed by atoms with van der Waals surface area (Å²) in [6, 6.07) is 7.81. The summed E-state index contributed by atoms with van der Waals surface area (Å²) in [5, 5.41) is 0. The van der Waals surface area contributed by atoms with Gasteiger partial charge in [0.05, 0.1) is 0 Å². The molecule has 2 heteroatoms. The van der Waals surface area contributed by atoms with Crippen LogP contribution in [0.25, 0.3) is 0 Å². The van der Waals surface area contributed by atoms with E-state index in [0.29, 0.717) is 0 Å². The molecule has 1 nitrogen and oxygen atoms in total. The smallest absolute Gasteiger partial charge is 0.159 e. The molecule has 1 aromatic carbocycles. The molecule has 0 unspecified atom stereocenters. The van der Waals surface area contributed by atoms with E-state index in [4.69, 9.17) is 0 Å². The zero-order valence-electron chi connectivity index (χ0n) is 9.27. The van der Waals surface area contributed by atoms with Gasteiger partial charge in [0, 0.05) is 10.5 Å². The lowest BCUT2D eigenvalue weighted by Crippen LogP contribution is -1.90. The maximum Gasteiger partial charge on any atom is 0.159 e. The Balaban J connectivity index is 2.07. The van der Waals surface area contributed by atoms with Gasteiger partial charge in [-0.1, -0.05) is 42.1 Å². The molecule has 0 N–H and O–H groups in total. The largest absolute Gasteiger partial charge is 0.295 e. The maximum atomic E-state index is 11.1. The highest BCUT2D eigenvalue weighted by Crippen LogP contribution is 2.31. The Kier molecular flexibility index (Phi) is 3.62. The van der Waals surface area contributed by atoms with Gasteiger partial charge in [-0.2, -0.15) is 0 Å². The third-order valence-corrected chi connectivity index (χ3v) is 3.60. The molecule has 0 saturated heterocycles. The van der Waals surface area contributed by atoms with E-state index in [2.05, 4.69) is 18.2 Å². The number of Topliss-reactive ketones (excluding diaryl/α,β-unsaturated/α-hetero) is 1. The second-order valence-electron chi connectivity index (χ2n) is 3.78. The lowest BCUT2D eigenvalue weighted by atomic mass is 10.2. The van der Waals surface area contributed by atoms with Crippen molar-refractivity contribution < 1.29 is 4.79 Å². The van der Waals surface area contributed by atoms with Crippen molar-refractivity contribution >= 4 is 17.5 Å². The zero-order valence-corrected chi connectivity index (χ0v) is 10.1. The van der Waals surface area contributed by atoms with E-state index < -0.39 is 0 Å². The van der Waals surface area contributed by atoms with Crippen molar-refractivity contribution in [3.63, 3.8) is 0 Å². The fourth-order valence-corrected chi connectivity index (χ4v) is 2.52. The number of carbonyl (C=O) groups excluding carboxylic acids is 1. The Morgan fingerprint density at radius 1 is 1.25 bits per heavy atom. The summed E-state index contributed by atoms with van der Waals surface area (Å²) in [7, 11) is 0. The SMILES string of the molecule is CC(=O)c1ccc(SC2=CC=CCC2)cc1. The topological polar surface area (TPSA) is 17.1 Å². The standard InChI is InChI=1S/C14H14OS/c1-11(15)12-7-9-14(10-8-12)16-13-5-3-2-4-6-13/h2-3,5,7-10H,4,6H2,1H3. The summed E-state index contributed by atoms with van der Waals surface area (Å²) < 4.78 is 0. The van der Waals surface area contributed by atoms with E-state index in [1.807, 2.05) is 24.3 Å². The molecule has 0 atom stereocenters. The van der Waals surface area contributed by atoms with Crippen molar-refractivity contribution in [2.75, 3.05) is 0 Å². The van der Waals surface area contributed by atoms with Gasteiger partial charge in [-0.3, -0.25) is 4.79 Å².